The maximum absolute atomic E-state index is 5.59. The number of H-pyrrole nitrogens is 1. The Bertz CT molecular complexity index is 505. The fourth-order valence-electron chi connectivity index (χ4n) is 2.38. The molecular formula is C14H18N4O. The topological polar surface area (TPSA) is 62.8 Å². The Kier molecular flexibility index (Phi) is 3.86. The van der Waals surface area contributed by atoms with E-state index in [4.69, 9.17) is 4.74 Å². The molecular weight excluding hydrogens is 240 g/mol. The molecule has 0 unspecified atom stereocenters. The third-order valence-corrected chi connectivity index (χ3v) is 3.38. The molecule has 2 aromatic rings. The van der Waals surface area contributed by atoms with Crippen LogP contribution in [0.4, 0.5) is 0 Å². The minimum absolute atomic E-state index is 0.369. The lowest BCUT2D eigenvalue weighted by atomic mass is 10.1. The highest BCUT2D eigenvalue weighted by molar-refractivity contribution is 5.61. The van der Waals surface area contributed by atoms with Crippen LogP contribution < -0.4 is 5.32 Å². The second kappa shape index (κ2) is 5.95. The van der Waals surface area contributed by atoms with Gasteiger partial charge in [-0.05, 0) is 25.0 Å². The summed E-state index contributed by atoms with van der Waals surface area (Å²) in [7, 11) is 0. The smallest absolute Gasteiger partial charge is 0.0710 e. The van der Waals surface area contributed by atoms with Gasteiger partial charge in [-0.3, -0.25) is 10.1 Å². The quantitative estimate of drug-likeness (QED) is 0.857. The van der Waals surface area contributed by atoms with Crippen molar-refractivity contribution < 1.29 is 4.74 Å². The second-order valence-corrected chi connectivity index (χ2v) is 4.78. The zero-order valence-electron chi connectivity index (χ0n) is 10.8. The van der Waals surface area contributed by atoms with Gasteiger partial charge in [0.1, 0.15) is 0 Å². The van der Waals surface area contributed by atoms with Crippen molar-refractivity contribution in [2.24, 2.45) is 0 Å². The van der Waals surface area contributed by atoms with Crippen molar-refractivity contribution in [2.75, 3.05) is 13.2 Å². The summed E-state index contributed by atoms with van der Waals surface area (Å²) in [5.41, 5.74) is 3.26. The fraction of sp³-hybridized carbons (Fsp3) is 0.429. The number of hydrogen-bond donors (Lipinski definition) is 2. The van der Waals surface area contributed by atoms with Crippen LogP contribution >= 0.6 is 0 Å². The Labute approximate surface area is 112 Å². The second-order valence-electron chi connectivity index (χ2n) is 4.78. The maximum Gasteiger partial charge on any atom is 0.0710 e. The first-order valence-corrected chi connectivity index (χ1v) is 6.68. The van der Waals surface area contributed by atoms with Crippen molar-refractivity contribution >= 4 is 0 Å². The molecule has 0 saturated carbocycles. The lowest BCUT2D eigenvalue weighted by Gasteiger charge is -2.10. The standard InChI is InChI=1S/C14H18N4O/c1-3-11(7-15-5-1)14-12(9-17-18-14)8-16-10-13-4-2-6-19-13/h1,3,5,7,9,13,16H,2,4,6,8,10H2,(H,17,18)/t13-/m1/s1. The summed E-state index contributed by atoms with van der Waals surface area (Å²) in [6.07, 6.45) is 8.19. The predicted octanol–water partition coefficient (Wildman–Crippen LogP) is 1.74. The number of pyridine rings is 1. The van der Waals surface area contributed by atoms with Gasteiger partial charge in [0.05, 0.1) is 18.0 Å². The third-order valence-electron chi connectivity index (χ3n) is 3.38. The molecule has 2 N–H and O–H groups in total. The van der Waals surface area contributed by atoms with Crippen LogP contribution in [0.5, 0.6) is 0 Å². The molecule has 0 radical (unpaired) electrons. The largest absolute Gasteiger partial charge is 0.377 e. The van der Waals surface area contributed by atoms with Crippen molar-refractivity contribution in [3.05, 3.63) is 36.3 Å². The van der Waals surface area contributed by atoms with Crippen LogP contribution in [0.3, 0.4) is 0 Å². The number of nitrogens with zero attached hydrogens (tertiary/aromatic N) is 2. The monoisotopic (exact) mass is 258 g/mol. The predicted molar refractivity (Wildman–Crippen MR) is 72.5 cm³/mol. The molecule has 1 aliphatic heterocycles. The van der Waals surface area contributed by atoms with E-state index in [2.05, 4.69) is 20.5 Å². The number of nitrogens with one attached hydrogen (secondary N) is 2. The van der Waals surface area contributed by atoms with Gasteiger partial charge >= 0.3 is 0 Å². The van der Waals surface area contributed by atoms with Crippen LogP contribution in [0.25, 0.3) is 11.3 Å². The SMILES string of the molecule is c1cncc(-c2[nH]ncc2CNC[C@H]2CCCO2)c1. The summed E-state index contributed by atoms with van der Waals surface area (Å²) in [5, 5.41) is 10.6. The highest BCUT2D eigenvalue weighted by atomic mass is 16.5. The summed E-state index contributed by atoms with van der Waals surface area (Å²) in [6.45, 7) is 2.59. The Morgan fingerprint density at radius 2 is 2.42 bits per heavy atom. The van der Waals surface area contributed by atoms with E-state index in [0.29, 0.717) is 6.10 Å². The molecule has 0 spiro atoms. The Morgan fingerprint density at radius 3 is 3.21 bits per heavy atom. The lowest BCUT2D eigenvalue weighted by molar-refractivity contribution is 0.110. The van der Waals surface area contributed by atoms with Crippen LogP contribution in [-0.4, -0.2) is 34.4 Å². The lowest BCUT2D eigenvalue weighted by Crippen LogP contribution is -2.25. The first-order valence-electron chi connectivity index (χ1n) is 6.68. The maximum atomic E-state index is 5.59. The van der Waals surface area contributed by atoms with Gasteiger partial charge in [-0.1, -0.05) is 0 Å². The third kappa shape index (κ3) is 3.00. The number of aromatic nitrogens is 3. The average Bonchev–Trinajstić information content (AvgIpc) is 3.11. The minimum atomic E-state index is 0.369. The van der Waals surface area contributed by atoms with Crippen LogP contribution in [0.1, 0.15) is 18.4 Å². The van der Waals surface area contributed by atoms with Crippen LogP contribution in [-0.2, 0) is 11.3 Å². The summed E-state index contributed by atoms with van der Waals surface area (Å²) >= 11 is 0. The zero-order chi connectivity index (χ0) is 12.9. The molecule has 19 heavy (non-hydrogen) atoms. The first kappa shape index (κ1) is 12.3. The summed E-state index contributed by atoms with van der Waals surface area (Å²) in [5.74, 6) is 0. The van der Waals surface area contributed by atoms with Crippen molar-refractivity contribution in [3.8, 4) is 11.3 Å². The van der Waals surface area contributed by atoms with Crippen LogP contribution in [0, 0.1) is 0 Å². The molecule has 5 heteroatoms. The van der Waals surface area contributed by atoms with E-state index < -0.39 is 0 Å². The van der Waals surface area contributed by atoms with Gasteiger partial charge in [-0.2, -0.15) is 5.10 Å². The summed E-state index contributed by atoms with van der Waals surface area (Å²) < 4.78 is 5.59. The van der Waals surface area contributed by atoms with Gasteiger partial charge in [-0.15, -0.1) is 0 Å². The van der Waals surface area contributed by atoms with Gasteiger partial charge in [0.2, 0.25) is 0 Å². The van der Waals surface area contributed by atoms with Gasteiger partial charge in [0.15, 0.2) is 0 Å². The molecule has 1 aliphatic rings. The fourth-order valence-corrected chi connectivity index (χ4v) is 2.38. The van der Waals surface area contributed by atoms with Gasteiger partial charge in [-0.25, -0.2) is 0 Å². The molecule has 0 amide bonds. The average molecular weight is 258 g/mol. The van der Waals surface area contributed by atoms with E-state index >= 15 is 0 Å². The van der Waals surface area contributed by atoms with Crippen molar-refractivity contribution in [2.45, 2.75) is 25.5 Å². The Hall–Kier alpha value is -1.72. The van der Waals surface area contributed by atoms with Gasteiger partial charge < -0.3 is 10.1 Å². The normalized spacial score (nSPS) is 18.8. The van der Waals surface area contributed by atoms with E-state index in [1.54, 1.807) is 6.20 Å². The highest BCUT2D eigenvalue weighted by Gasteiger charge is 2.15. The molecule has 1 atom stereocenters. The van der Waals surface area contributed by atoms with Crippen molar-refractivity contribution in [1.82, 2.24) is 20.5 Å². The molecule has 1 saturated heterocycles. The molecule has 3 rings (SSSR count). The molecule has 3 heterocycles. The highest BCUT2D eigenvalue weighted by Crippen LogP contribution is 2.19. The van der Waals surface area contributed by atoms with E-state index in [9.17, 15) is 0 Å². The van der Waals surface area contributed by atoms with E-state index in [-0.39, 0.29) is 0 Å². The number of aromatic amines is 1. The Balaban J connectivity index is 1.61. The Morgan fingerprint density at radius 1 is 1.42 bits per heavy atom. The first-order chi connectivity index (χ1) is 9.43. The summed E-state index contributed by atoms with van der Waals surface area (Å²) in [4.78, 5) is 4.14. The molecule has 1 fully saturated rings. The van der Waals surface area contributed by atoms with Gasteiger partial charge in [0.25, 0.3) is 0 Å². The molecule has 0 bridgehead atoms. The van der Waals surface area contributed by atoms with Crippen molar-refractivity contribution in [3.63, 3.8) is 0 Å². The van der Waals surface area contributed by atoms with Crippen LogP contribution in [0.15, 0.2) is 30.7 Å². The molecule has 2 aromatic heterocycles. The van der Waals surface area contributed by atoms with E-state index in [0.717, 1.165) is 42.9 Å². The number of rotatable bonds is 5. The van der Waals surface area contributed by atoms with E-state index in [1.165, 1.54) is 6.42 Å². The number of hydrogen-bond acceptors (Lipinski definition) is 4. The minimum Gasteiger partial charge on any atom is -0.377 e. The zero-order valence-corrected chi connectivity index (χ0v) is 10.8. The molecule has 5 nitrogen and oxygen atoms in total. The molecule has 100 valence electrons. The van der Waals surface area contributed by atoms with Crippen LogP contribution in [0.2, 0.25) is 0 Å². The van der Waals surface area contributed by atoms with Gasteiger partial charge in [0, 0.05) is 43.2 Å². The molecule has 0 aliphatic carbocycles. The summed E-state index contributed by atoms with van der Waals surface area (Å²) in [6, 6.07) is 3.96. The van der Waals surface area contributed by atoms with E-state index in [1.807, 2.05) is 24.5 Å². The number of ether oxygens (including phenoxy) is 1. The van der Waals surface area contributed by atoms with Crippen molar-refractivity contribution in [1.29, 1.82) is 0 Å². The molecule has 0 aromatic carbocycles.